The van der Waals surface area contributed by atoms with Gasteiger partial charge in [0.2, 0.25) is 0 Å². The summed E-state index contributed by atoms with van der Waals surface area (Å²) in [5.74, 6) is 1.49. The fourth-order valence-corrected chi connectivity index (χ4v) is 2.44. The zero-order valence-electron chi connectivity index (χ0n) is 11.2. The van der Waals surface area contributed by atoms with Gasteiger partial charge in [0, 0.05) is 12.1 Å². The van der Waals surface area contributed by atoms with E-state index in [1.54, 1.807) is 7.11 Å². The summed E-state index contributed by atoms with van der Waals surface area (Å²) < 4.78 is 10.9. The van der Waals surface area contributed by atoms with E-state index in [0.717, 1.165) is 18.8 Å². The van der Waals surface area contributed by atoms with E-state index in [2.05, 4.69) is 11.9 Å². The molecule has 1 aliphatic rings. The van der Waals surface area contributed by atoms with Gasteiger partial charge >= 0.3 is 0 Å². The molecule has 1 aromatic carbocycles. The molecule has 2 rings (SSSR count). The molecular formula is C14H22N2O2. The lowest BCUT2D eigenvalue weighted by Crippen LogP contribution is -2.26. The predicted molar refractivity (Wildman–Crippen MR) is 73.2 cm³/mol. The van der Waals surface area contributed by atoms with Gasteiger partial charge in [-0.3, -0.25) is 0 Å². The third-order valence-corrected chi connectivity index (χ3v) is 3.60. The number of hydrogen-bond acceptors (Lipinski definition) is 4. The van der Waals surface area contributed by atoms with Crippen LogP contribution in [0.5, 0.6) is 11.5 Å². The van der Waals surface area contributed by atoms with E-state index in [4.69, 9.17) is 15.2 Å². The van der Waals surface area contributed by atoms with Crippen LogP contribution in [0.1, 0.15) is 19.3 Å². The monoisotopic (exact) mass is 250 g/mol. The number of hydrogen-bond donors (Lipinski definition) is 1. The minimum atomic E-state index is 0.639. The molecule has 4 heteroatoms. The highest BCUT2D eigenvalue weighted by molar-refractivity contribution is 5.55. The highest BCUT2D eigenvalue weighted by Crippen LogP contribution is 2.27. The first-order valence-corrected chi connectivity index (χ1v) is 6.47. The van der Waals surface area contributed by atoms with E-state index in [1.165, 1.54) is 19.4 Å². The summed E-state index contributed by atoms with van der Waals surface area (Å²) in [7, 11) is 3.80. The lowest BCUT2D eigenvalue weighted by Gasteiger charge is -2.19. The number of likely N-dealkylation sites (tertiary alicyclic amines) is 1. The van der Waals surface area contributed by atoms with Gasteiger partial charge < -0.3 is 20.1 Å². The Morgan fingerprint density at radius 2 is 2.28 bits per heavy atom. The maximum Gasteiger partial charge on any atom is 0.145 e. The highest BCUT2D eigenvalue weighted by atomic mass is 16.5. The third kappa shape index (κ3) is 3.07. The molecule has 0 bridgehead atoms. The normalized spacial score (nSPS) is 20.0. The lowest BCUT2D eigenvalue weighted by molar-refractivity contribution is 0.233. The zero-order chi connectivity index (χ0) is 13.0. The molecule has 1 saturated heterocycles. The smallest absolute Gasteiger partial charge is 0.145 e. The molecule has 0 unspecified atom stereocenters. The summed E-state index contributed by atoms with van der Waals surface area (Å²) >= 11 is 0. The van der Waals surface area contributed by atoms with Crippen molar-refractivity contribution in [3.8, 4) is 11.5 Å². The first-order valence-electron chi connectivity index (χ1n) is 6.47. The molecule has 1 aliphatic heterocycles. The molecule has 18 heavy (non-hydrogen) atoms. The molecule has 1 heterocycles. The molecule has 0 spiro atoms. The van der Waals surface area contributed by atoms with E-state index < -0.39 is 0 Å². The molecule has 1 fully saturated rings. The van der Waals surface area contributed by atoms with E-state index >= 15 is 0 Å². The zero-order valence-corrected chi connectivity index (χ0v) is 11.2. The van der Waals surface area contributed by atoms with Crippen LogP contribution >= 0.6 is 0 Å². The minimum Gasteiger partial charge on any atom is -0.494 e. The maximum absolute atomic E-state index is 5.76. The molecule has 1 aromatic rings. The Bertz CT molecular complexity index is 395. The van der Waals surface area contributed by atoms with Gasteiger partial charge in [0.1, 0.15) is 11.5 Å². The highest BCUT2D eigenvalue weighted by Gasteiger charge is 2.20. The van der Waals surface area contributed by atoms with Gasteiger partial charge in [-0.15, -0.1) is 0 Å². The molecule has 0 aromatic heterocycles. The van der Waals surface area contributed by atoms with Crippen LogP contribution in [0.3, 0.4) is 0 Å². The quantitative estimate of drug-likeness (QED) is 0.813. The summed E-state index contributed by atoms with van der Waals surface area (Å²) in [5.41, 5.74) is 6.40. The number of anilines is 1. The molecule has 0 aliphatic carbocycles. The van der Waals surface area contributed by atoms with E-state index in [1.807, 2.05) is 18.2 Å². The summed E-state index contributed by atoms with van der Waals surface area (Å²) in [6, 6.07) is 6.21. The Labute approximate surface area is 109 Å². The van der Waals surface area contributed by atoms with Crippen molar-refractivity contribution in [2.45, 2.75) is 25.3 Å². The van der Waals surface area contributed by atoms with Gasteiger partial charge in [0.05, 0.1) is 19.4 Å². The second kappa shape index (κ2) is 5.96. The molecule has 1 atom stereocenters. The first kappa shape index (κ1) is 13.0. The minimum absolute atomic E-state index is 0.639. The van der Waals surface area contributed by atoms with Crippen molar-refractivity contribution in [2.75, 3.05) is 33.0 Å². The summed E-state index contributed by atoms with van der Waals surface area (Å²) in [6.45, 7) is 1.95. The van der Waals surface area contributed by atoms with Crippen molar-refractivity contribution in [3.05, 3.63) is 18.2 Å². The van der Waals surface area contributed by atoms with Crippen molar-refractivity contribution >= 4 is 5.69 Å². The number of nitrogens with zero attached hydrogens (tertiary/aromatic N) is 1. The second-order valence-electron chi connectivity index (χ2n) is 4.82. The van der Waals surface area contributed by atoms with Crippen LogP contribution in [0.2, 0.25) is 0 Å². The Morgan fingerprint density at radius 1 is 1.44 bits per heavy atom. The number of methoxy groups -OCH3 is 1. The maximum atomic E-state index is 5.76. The number of benzene rings is 1. The fourth-order valence-electron chi connectivity index (χ4n) is 2.44. The van der Waals surface area contributed by atoms with Gasteiger partial charge in [0.15, 0.2) is 0 Å². The van der Waals surface area contributed by atoms with Crippen molar-refractivity contribution < 1.29 is 9.47 Å². The number of nitrogens with two attached hydrogens (primary N) is 1. The van der Waals surface area contributed by atoms with Crippen LogP contribution in [-0.4, -0.2) is 38.3 Å². The topological polar surface area (TPSA) is 47.7 Å². The summed E-state index contributed by atoms with van der Waals surface area (Å²) in [6.07, 6.45) is 3.66. The molecule has 0 amide bonds. The third-order valence-electron chi connectivity index (χ3n) is 3.60. The molecule has 100 valence electrons. The Hall–Kier alpha value is -1.42. The average Bonchev–Trinajstić information content (AvgIpc) is 2.77. The van der Waals surface area contributed by atoms with Crippen LogP contribution < -0.4 is 15.2 Å². The van der Waals surface area contributed by atoms with E-state index in [0.29, 0.717) is 17.5 Å². The Balaban J connectivity index is 1.83. The van der Waals surface area contributed by atoms with Crippen LogP contribution in [0.25, 0.3) is 0 Å². The standard InChI is InChI=1S/C14H22N2O2/c1-16-8-3-4-11(16)7-9-18-12-5-6-13(15)14(10-12)17-2/h5-6,10-11H,3-4,7-9,15H2,1-2H3/t11-/m0/s1. The summed E-state index contributed by atoms with van der Waals surface area (Å²) in [4.78, 5) is 2.41. The SMILES string of the molecule is COc1cc(OCC[C@@H]2CCCN2C)ccc1N. The fraction of sp³-hybridized carbons (Fsp3) is 0.571. The molecule has 2 N–H and O–H groups in total. The van der Waals surface area contributed by atoms with E-state index in [9.17, 15) is 0 Å². The molecule has 0 saturated carbocycles. The van der Waals surface area contributed by atoms with Crippen molar-refractivity contribution in [2.24, 2.45) is 0 Å². The number of ether oxygens (including phenoxy) is 2. The van der Waals surface area contributed by atoms with Crippen LogP contribution in [0.4, 0.5) is 5.69 Å². The Morgan fingerprint density at radius 3 is 2.94 bits per heavy atom. The second-order valence-corrected chi connectivity index (χ2v) is 4.82. The van der Waals surface area contributed by atoms with Gasteiger partial charge in [-0.1, -0.05) is 0 Å². The van der Waals surface area contributed by atoms with Crippen LogP contribution in [0.15, 0.2) is 18.2 Å². The lowest BCUT2D eigenvalue weighted by atomic mass is 10.1. The van der Waals surface area contributed by atoms with Gasteiger partial charge in [-0.05, 0) is 45.0 Å². The Kier molecular flexibility index (Phi) is 4.31. The van der Waals surface area contributed by atoms with E-state index in [-0.39, 0.29) is 0 Å². The molecular weight excluding hydrogens is 228 g/mol. The van der Waals surface area contributed by atoms with Gasteiger partial charge in [-0.25, -0.2) is 0 Å². The predicted octanol–water partition coefficient (Wildman–Crippen LogP) is 2.14. The first-order chi connectivity index (χ1) is 8.70. The van der Waals surface area contributed by atoms with Crippen molar-refractivity contribution in [1.82, 2.24) is 4.90 Å². The summed E-state index contributed by atoms with van der Waals surface area (Å²) in [5, 5.41) is 0. The molecule has 0 radical (unpaired) electrons. The average molecular weight is 250 g/mol. The van der Waals surface area contributed by atoms with Gasteiger partial charge in [-0.2, -0.15) is 0 Å². The van der Waals surface area contributed by atoms with Crippen LogP contribution in [0, 0.1) is 0 Å². The van der Waals surface area contributed by atoms with Gasteiger partial charge in [0.25, 0.3) is 0 Å². The van der Waals surface area contributed by atoms with Crippen molar-refractivity contribution in [3.63, 3.8) is 0 Å². The van der Waals surface area contributed by atoms with Crippen LogP contribution in [-0.2, 0) is 0 Å². The number of nitrogen functional groups attached to an aromatic ring is 1. The largest absolute Gasteiger partial charge is 0.494 e. The van der Waals surface area contributed by atoms with Crippen molar-refractivity contribution in [1.29, 1.82) is 0 Å². The number of rotatable bonds is 5. The molecule has 4 nitrogen and oxygen atoms in total.